The molecule has 2 fully saturated rings. The molecule has 0 radical (unpaired) electrons. The molecule has 0 bridgehead atoms. The van der Waals surface area contributed by atoms with E-state index >= 15 is 0 Å². The zero-order chi connectivity index (χ0) is 21.2. The summed E-state index contributed by atoms with van der Waals surface area (Å²) in [6, 6.07) is 0. The van der Waals surface area contributed by atoms with Gasteiger partial charge in [0.15, 0.2) is 8.32 Å². The van der Waals surface area contributed by atoms with Gasteiger partial charge in [-0.1, -0.05) is 19.9 Å². The first kappa shape index (κ1) is 21.9. The van der Waals surface area contributed by atoms with E-state index in [1.807, 2.05) is 0 Å². The number of fused-ring (bicyclic) bond motifs is 5. The van der Waals surface area contributed by atoms with Gasteiger partial charge in [-0.2, -0.15) is 0 Å². The van der Waals surface area contributed by atoms with Crippen molar-refractivity contribution in [3.8, 4) is 0 Å². The molecule has 0 aromatic rings. The van der Waals surface area contributed by atoms with Crippen LogP contribution in [0.25, 0.3) is 0 Å². The molecule has 0 aliphatic heterocycles. The molecule has 29 heavy (non-hydrogen) atoms. The van der Waals surface area contributed by atoms with E-state index < -0.39 is 16.6 Å². The second-order valence-corrected chi connectivity index (χ2v) is 21.7. The summed E-state index contributed by atoms with van der Waals surface area (Å²) in [4.78, 5) is 0. The van der Waals surface area contributed by atoms with Gasteiger partial charge in [-0.15, -0.1) is 0 Å². The summed E-state index contributed by atoms with van der Waals surface area (Å²) in [6.07, 6.45) is 14.6. The maximum atomic E-state index is 6.74. The van der Waals surface area contributed by atoms with Crippen molar-refractivity contribution in [1.29, 1.82) is 0 Å². The Bertz CT molecular complexity index is 713. The van der Waals surface area contributed by atoms with Gasteiger partial charge in [-0.05, 0) is 118 Å². The van der Waals surface area contributed by atoms with Gasteiger partial charge in [-0.25, -0.2) is 0 Å². The van der Waals surface area contributed by atoms with Crippen LogP contribution in [0.2, 0.25) is 39.3 Å². The van der Waals surface area contributed by atoms with Crippen LogP contribution in [0.1, 0.15) is 58.8 Å². The molecule has 164 valence electrons. The fraction of sp³-hybridized carbons (Fsp3) is 0.840. The van der Waals surface area contributed by atoms with Gasteiger partial charge in [0.2, 0.25) is 8.32 Å². The van der Waals surface area contributed by atoms with Crippen LogP contribution in [-0.4, -0.2) is 22.7 Å². The minimum absolute atomic E-state index is 0.355. The molecular weight excluding hydrogens is 388 g/mol. The molecule has 6 atom stereocenters. The van der Waals surface area contributed by atoms with E-state index in [4.69, 9.17) is 8.85 Å². The molecule has 2 saturated carbocycles. The third-order valence-electron chi connectivity index (χ3n) is 8.58. The van der Waals surface area contributed by atoms with E-state index in [1.54, 1.807) is 5.57 Å². The largest absolute Gasteiger partial charge is 0.547 e. The van der Waals surface area contributed by atoms with Gasteiger partial charge in [0.1, 0.15) is 0 Å². The molecule has 0 unspecified atom stereocenters. The number of rotatable bonds is 4. The Labute approximate surface area is 181 Å². The van der Waals surface area contributed by atoms with E-state index in [0.29, 0.717) is 16.9 Å². The standard InChI is InChI=1S/C25H44O2Si2/c1-24-15-13-19(26-28(3,4)5)17-18(24)9-10-20-21-11-12-23(27-29(6,7)8)25(21,2)16-14-22(20)24/h9,17,20-23H,10-16H2,1-8H3/t20-,21-,22-,23+,24+,25-/m1/s1. The van der Waals surface area contributed by atoms with Crippen molar-refractivity contribution in [3.63, 3.8) is 0 Å². The zero-order valence-electron chi connectivity index (χ0n) is 20.2. The van der Waals surface area contributed by atoms with Crippen molar-refractivity contribution in [3.05, 3.63) is 23.5 Å². The summed E-state index contributed by atoms with van der Waals surface area (Å²) in [6.45, 7) is 19.1. The van der Waals surface area contributed by atoms with Crippen LogP contribution in [0.3, 0.4) is 0 Å². The number of hydrogen-bond donors (Lipinski definition) is 0. The molecule has 0 aromatic heterocycles. The van der Waals surface area contributed by atoms with Crippen molar-refractivity contribution in [1.82, 2.24) is 0 Å². The minimum Gasteiger partial charge on any atom is -0.547 e. The molecule has 0 saturated heterocycles. The first-order chi connectivity index (χ1) is 13.3. The smallest absolute Gasteiger partial charge is 0.241 e. The Kier molecular flexibility index (Phi) is 5.36. The van der Waals surface area contributed by atoms with E-state index in [1.165, 1.54) is 44.3 Å². The predicted octanol–water partition coefficient (Wildman–Crippen LogP) is 7.51. The molecular formula is C25H44O2Si2. The summed E-state index contributed by atoms with van der Waals surface area (Å²) in [7, 11) is -3.01. The number of allylic oxidation sites excluding steroid dienone is 4. The van der Waals surface area contributed by atoms with Crippen LogP contribution in [0.4, 0.5) is 0 Å². The second kappa shape index (κ2) is 7.10. The molecule has 0 N–H and O–H groups in total. The van der Waals surface area contributed by atoms with E-state index in [9.17, 15) is 0 Å². The molecule has 0 aromatic carbocycles. The quantitative estimate of drug-likeness (QED) is 0.428. The molecule has 0 spiro atoms. The topological polar surface area (TPSA) is 18.5 Å². The molecule has 4 aliphatic carbocycles. The summed E-state index contributed by atoms with van der Waals surface area (Å²) < 4.78 is 13.1. The van der Waals surface area contributed by atoms with Crippen molar-refractivity contribution < 1.29 is 8.85 Å². The lowest BCUT2D eigenvalue weighted by Crippen LogP contribution is -2.51. The molecule has 4 aliphatic rings. The summed E-state index contributed by atoms with van der Waals surface area (Å²) in [5, 5.41) is 0. The lowest BCUT2D eigenvalue weighted by Gasteiger charge is -2.57. The Morgan fingerprint density at radius 3 is 2.28 bits per heavy atom. The monoisotopic (exact) mass is 432 g/mol. The zero-order valence-corrected chi connectivity index (χ0v) is 22.2. The van der Waals surface area contributed by atoms with Crippen LogP contribution in [0, 0.1) is 28.6 Å². The Balaban J connectivity index is 1.58. The highest BCUT2D eigenvalue weighted by atomic mass is 28.4. The summed E-state index contributed by atoms with van der Waals surface area (Å²) in [5.74, 6) is 3.80. The Hall–Kier alpha value is -0.326. The second-order valence-electron chi connectivity index (χ2n) is 12.9. The van der Waals surface area contributed by atoms with Crippen molar-refractivity contribution in [2.45, 2.75) is 104 Å². The third-order valence-corrected chi connectivity index (χ3v) is 10.4. The molecule has 2 nitrogen and oxygen atoms in total. The van der Waals surface area contributed by atoms with E-state index in [2.05, 4.69) is 65.3 Å². The SMILES string of the molecule is C[C@@]12CC[C@@H]3[C@H](CC=C4C=C(O[Si](C)(C)C)CC[C@@]43C)[C@H]1CC[C@@H]2O[Si](C)(C)C. The average Bonchev–Trinajstić information content (AvgIpc) is 2.89. The lowest BCUT2D eigenvalue weighted by atomic mass is 9.48. The normalized spacial score (nSPS) is 42.3. The Morgan fingerprint density at radius 1 is 0.897 bits per heavy atom. The van der Waals surface area contributed by atoms with Crippen LogP contribution >= 0.6 is 0 Å². The summed E-state index contributed by atoms with van der Waals surface area (Å²) >= 11 is 0. The van der Waals surface area contributed by atoms with Gasteiger partial charge in [-0.3, -0.25) is 0 Å². The number of hydrogen-bond acceptors (Lipinski definition) is 2. The fourth-order valence-electron chi connectivity index (χ4n) is 7.35. The van der Waals surface area contributed by atoms with Crippen LogP contribution in [0.15, 0.2) is 23.5 Å². The minimum atomic E-state index is -1.52. The maximum absolute atomic E-state index is 6.74. The highest BCUT2D eigenvalue weighted by Gasteiger charge is 2.59. The molecule has 4 rings (SSSR count). The maximum Gasteiger partial charge on any atom is 0.241 e. The van der Waals surface area contributed by atoms with E-state index in [-0.39, 0.29) is 0 Å². The highest BCUT2D eigenvalue weighted by Crippen LogP contribution is 2.65. The van der Waals surface area contributed by atoms with Crippen molar-refractivity contribution in [2.75, 3.05) is 0 Å². The van der Waals surface area contributed by atoms with Gasteiger partial charge in [0.25, 0.3) is 0 Å². The summed E-state index contributed by atoms with van der Waals surface area (Å²) in [5.41, 5.74) is 2.35. The van der Waals surface area contributed by atoms with Gasteiger partial charge >= 0.3 is 0 Å². The predicted molar refractivity (Wildman–Crippen MR) is 128 cm³/mol. The average molecular weight is 433 g/mol. The third kappa shape index (κ3) is 3.98. The lowest BCUT2D eigenvalue weighted by molar-refractivity contribution is -0.0579. The first-order valence-corrected chi connectivity index (χ1v) is 18.9. The van der Waals surface area contributed by atoms with Crippen LogP contribution in [-0.2, 0) is 8.85 Å². The molecule has 0 heterocycles. The van der Waals surface area contributed by atoms with E-state index in [0.717, 1.165) is 24.2 Å². The van der Waals surface area contributed by atoms with Crippen molar-refractivity contribution in [2.24, 2.45) is 28.6 Å². The first-order valence-electron chi connectivity index (χ1n) is 12.1. The Morgan fingerprint density at radius 2 is 1.62 bits per heavy atom. The molecule has 4 heteroatoms. The van der Waals surface area contributed by atoms with Crippen LogP contribution < -0.4 is 0 Å². The van der Waals surface area contributed by atoms with Crippen molar-refractivity contribution >= 4 is 16.6 Å². The van der Waals surface area contributed by atoms with Gasteiger partial charge in [0, 0.05) is 6.42 Å². The fourth-order valence-corrected chi connectivity index (χ4v) is 9.53. The molecule has 0 amide bonds. The highest BCUT2D eigenvalue weighted by molar-refractivity contribution is 6.70. The van der Waals surface area contributed by atoms with Crippen LogP contribution in [0.5, 0.6) is 0 Å². The van der Waals surface area contributed by atoms with Gasteiger partial charge < -0.3 is 8.85 Å². The van der Waals surface area contributed by atoms with Gasteiger partial charge in [0.05, 0.1) is 11.9 Å².